The van der Waals surface area contributed by atoms with E-state index in [0.29, 0.717) is 12.1 Å². The van der Waals surface area contributed by atoms with Gasteiger partial charge in [-0.15, -0.1) is 0 Å². The number of nitrogens with zero attached hydrogens (tertiary/aromatic N) is 1. The van der Waals surface area contributed by atoms with Crippen LogP contribution in [0.25, 0.3) is 10.8 Å². The molecular formula is C23H29N3O4. The fraction of sp³-hybridized carbons (Fsp3) is 0.435. The summed E-state index contributed by atoms with van der Waals surface area (Å²) in [6, 6.07) is 10.7. The third-order valence-corrected chi connectivity index (χ3v) is 5.55. The topological polar surface area (TPSA) is 87.7 Å². The van der Waals surface area contributed by atoms with Crippen LogP contribution >= 0.6 is 0 Å². The molecule has 0 saturated carbocycles. The number of hydrogen-bond donors (Lipinski definition) is 2. The van der Waals surface area contributed by atoms with Crippen LogP contribution in [0, 0.1) is 0 Å². The Morgan fingerprint density at radius 1 is 1.10 bits per heavy atom. The Morgan fingerprint density at radius 2 is 1.83 bits per heavy atom. The first-order chi connectivity index (χ1) is 14.4. The van der Waals surface area contributed by atoms with Gasteiger partial charge in [-0.25, -0.2) is 4.79 Å². The van der Waals surface area contributed by atoms with Gasteiger partial charge in [0.05, 0.1) is 7.11 Å². The van der Waals surface area contributed by atoms with E-state index in [4.69, 9.17) is 4.74 Å². The van der Waals surface area contributed by atoms with Gasteiger partial charge in [0, 0.05) is 6.54 Å². The highest BCUT2D eigenvalue weighted by atomic mass is 16.5. The molecule has 1 fully saturated rings. The first-order valence-corrected chi connectivity index (χ1v) is 10.4. The summed E-state index contributed by atoms with van der Waals surface area (Å²) in [6.07, 6.45) is 4.18. The fourth-order valence-electron chi connectivity index (χ4n) is 3.68. The lowest BCUT2D eigenvalue weighted by atomic mass is 9.90. The van der Waals surface area contributed by atoms with Crippen molar-refractivity contribution < 1.29 is 19.1 Å². The third kappa shape index (κ3) is 4.40. The Morgan fingerprint density at radius 3 is 2.57 bits per heavy atom. The van der Waals surface area contributed by atoms with E-state index in [1.54, 1.807) is 14.0 Å². The molecule has 30 heavy (non-hydrogen) atoms. The summed E-state index contributed by atoms with van der Waals surface area (Å²) in [4.78, 5) is 38.7. The number of benzene rings is 2. The summed E-state index contributed by atoms with van der Waals surface area (Å²) >= 11 is 0. The molecule has 1 aliphatic heterocycles. The maximum absolute atomic E-state index is 13.1. The van der Waals surface area contributed by atoms with E-state index in [-0.39, 0.29) is 12.5 Å². The normalized spacial score (nSPS) is 18.6. The van der Waals surface area contributed by atoms with Gasteiger partial charge in [-0.2, -0.15) is 0 Å². The van der Waals surface area contributed by atoms with E-state index in [1.807, 2.05) is 36.4 Å². The molecule has 2 N–H and O–H groups in total. The Kier molecular flexibility index (Phi) is 6.59. The van der Waals surface area contributed by atoms with Crippen molar-refractivity contribution in [3.8, 4) is 5.75 Å². The molecule has 160 valence electrons. The lowest BCUT2D eigenvalue weighted by Crippen LogP contribution is -2.43. The number of carbonyl (C=O) groups excluding carboxylic acids is 3. The molecule has 4 amide bonds. The minimum absolute atomic E-state index is 0.279. The number of fused-ring (bicyclic) bond motifs is 1. The zero-order valence-corrected chi connectivity index (χ0v) is 17.8. The van der Waals surface area contributed by atoms with Crippen LogP contribution in [0.2, 0.25) is 0 Å². The number of urea groups is 1. The molecule has 7 nitrogen and oxygen atoms in total. The van der Waals surface area contributed by atoms with Gasteiger partial charge in [-0.05, 0) is 47.9 Å². The van der Waals surface area contributed by atoms with Gasteiger partial charge in [0.1, 0.15) is 17.8 Å². The Hall–Kier alpha value is -3.09. The van der Waals surface area contributed by atoms with Crippen LogP contribution in [0.1, 0.15) is 45.1 Å². The number of carbonyl (C=O) groups is 3. The molecule has 1 aliphatic rings. The molecule has 0 bridgehead atoms. The second-order valence-corrected chi connectivity index (χ2v) is 7.78. The van der Waals surface area contributed by atoms with E-state index in [1.165, 1.54) is 0 Å². The summed E-state index contributed by atoms with van der Waals surface area (Å²) in [5.41, 5.74) is -0.548. The van der Waals surface area contributed by atoms with Crippen molar-refractivity contribution in [2.24, 2.45) is 0 Å². The first-order valence-electron chi connectivity index (χ1n) is 10.4. The van der Waals surface area contributed by atoms with Crippen molar-refractivity contribution in [1.29, 1.82) is 0 Å². The van der Waals surface area contributed by atoms with Gasteiger partial charge in [-0.1, -0.05) is 44.4 Å². The lowest BCUT2D eigenvalue weighted by Gasteiger charge is -2.22. The highest BCUT2D eigenvalue weighted by Gasteiger charge is 2.49. The van der Waals surface area contributed by atoms with Crippen LogP contribution in [0.5, 0.6) is 5.75 Å². The number of hydrogen-bond acceptors (Lipinski definition) is 4. The van der Waals surface area contributed by atoms with Gasteiger partial charge in [0.15, 0.2) is 0 Å². The zero-order valence-electron chi connectivity index (χ0n) is 17.8. The van der Waals surface area contributed by atoms with Gasteiger partial charge < -0.3 is 15.4 Å². The van der Waals surface area contributed by atoms with Gasteiger partial charge in [0.25, 0.3) is 5.91 Å². The van der Waals surface area contributed by atoms with E-state index in [0.717, 1.165) is 47.1 Å². The molecule has 0 radical (unpaired) electrons. The first kappa shape index (κ1) is 21.6. The third-order valence-electron chi connectivity index (χ3n) is 5.55. The molecule has 0 aliphatic carbocycles. The predicted molar refractivity (Wildman–Crippen MR) is 115 cm³/mol. The quantitative estimate of drug-likeness (QED) is 0.489. The second kappa shape index (κ2) is 9.15. The number of rotatable bonds is 9. The van der Waals surface area contributed by atoms with Crippen molar-refractivity contribution in [2.45, 2.75) is 45.1 Å². The van der Waals surface area contributed by atoms with Gasteiger partial charge in [0.2, 0.25) is 5.91 Å². The largest absolute Gasteiger partial charge is 0.497 e. The molecule has 1 saturated heterocycles. The molecule has 7 heteroatoms. The molecule has 1 atom stereocenters. The number of nitrogens with one attached hydrogen (secondary N) is 2. The van der Waals surface area contributed by atoms with Crippen LogP contribution in [-0.4, -0.2) is 42.9 Å². The van der Waals surface area contributed by atoms with Crippen molar-refractivity contribution in [2.75, 3.05) is 20.2 Å². The Bertz CT molecular complexity index is 959. The van der Waals surface area contributed by atoms with Crippen LogP contribution in [0.3, 0.4) is 0 Å². The van der Waals surface area contributed by atoms with Crippen LogP contribution in [0.4, 0.5) is 4.79 Å². The molecule has 0 unspecified atom stereocenters. The minimum atomic E-state index is -1.22. The average Bonchev–Trinajstić information content (AvgIpc) is 2.96. The summed E-state index contributed by atoms with van der Waals surface area (Å²) in [5.74, 6) is -0.00932. The van der Waals surface area contributed by atoms with Crippen molar-refractivity contribution >= 4 is 28.6 Å². The number of ether oxygens (including phenoxy) is 1. The monoisotopic (exact) mass is 411 g/mol. The van der Waals surface area contributed by atoms with E-state index < -0.39 is 17.5 Å². The molecule has 0 spiro atoms. The summed E-state index contributed by atoms with van der Waals surface area (Å²) in [7, 11) is 1.61. The van der Waals surface area contributed by atoms with Gasteiger partial charge >= 0.3 is 6.03 Å². The maximum atomic E-state index is 13.1. The smallest absolute Gasteiger partial charge is 0.325 e. The van der Waals surface area contributed by atoms with E-state index in [2.05, 4.69) is 17.6 Å². The Balaban J connectivity index is 1.71. The van der Waals surface area contributed by atoms with Crippen molar-refractivity contribution in [3.05, 3.63) is 42.0 Å². The lowest BCUT2D eigenvalue weighted by molar-refractivity contribution is -0.134. The predicted octanol–water partition coefficient (Wildman–Crippen LogP) is 3.31. The fourth-order valence-corrected chi connectivity index (χ4v) is 3.68. The molecule has 2 aromatic carbocycles. The molecule has 3 rings (SSSR count). The zero-order chi connectivity index (χ0) is 21.7. The van der Waals surface area contributed by atoms with E-state index in [9.17, 15) is 14.4 Å². The van der Waals surface area contributed by atoms with E-state index >= 15 is 0 Å². The highest BCUT2D eigenvalue weighted by Crippen LogP contribution is 2.31. The Labute approximate surface area is 176 Å². The molecule has 1 heterocycles. The SMILES string of the molecule is CCCCCCNC(=O)CN1C(=O)N[C@](C)(c2ccc3cc(OC)ccc3c2)C1=O. The van der Waals surface area contributed by atoms with Crippen LogP contribution < -0.4 is 15.4 Å². The number of amides is 4. The minimum Gasteiger partial charge on any atom is -0.497 e. The maximum Gasteiger partial charge on any atom is 0.325 e. The van der Waals surface area contributed by atoms with Crippen LogP contribution in [-0.2, 0) is 15.1 Å². The molecular weight excluding hydrogens is 382 g/mol. The second-order valence-electron chi connectivity index (χ2n) is 7.78. The number of unbranched alkanes of at least 4 members (excludes halogenated alkanes) is 3. The standard InChI is InChI=1S/C23H29N3O4/c1-4-5-6-7-12-24-20(27)15-26-21(28)23(2,25-22(26)29)18-10-8-17-14-19(30-3)11-9-16(17)13-18/h8-11,13-14H,4-7,12,15H2,1-3H3,(H,24,27)(H,25,29)/t23-/m1/s1. The number of imide groups is 1. The number of methoxy groups -OCH3 is 1. The van der Waals surface area contributed by atoms with Gasteiger partial charge in [-0.3, -0.25) is 14.5 Å². The molecule has 2 aromatic rings. The van der Waals surface area contributed by atoms with Crippen LogP contribution in [0.15, 0.2) is 36.4 Å². The van der Waals surface area contributed by atoms with Crippen molar-refractivity contribution in [1.82, 2.24) is 15.5 Å². The molecule has 0 aromatic heterocycles. The average molecular weight is 412 g/mol. The van der Waals surface area contributed by atoms with Crippen molar-refractivity contribution in [3.63, 3.8) is 0 Å². The highest BCUT2D eigenvalue weighted by molar-refractivity contribution is 6.09. The summed E-state index contributed by atoms with van der Waals surface area (Å²) in [5, 5.41) is 7.44. The summed E-state index contributed by atoms with van der Waals surface area (Å²) < 4.78 is 5.25. The summed E-state index contributed by atoms with van der Waals surface area (Å²) in [6.45, 7) is 4.06.